The smallest absolute Gasteiger partial charge is 0.307 e. The lowest BCUT2D eigenvalue weighted by molar-refractivity contribution is -0.313. The first kappa shape index (κ1) is 13.7. The molecule has 0 aliphatic carbocycles. The molecule has 0 aliphatic rings. The van der Waals surface area contributed by atoms with Crippen LogP contribution in [-0.4, -0.2) is 17.0 Å². The van der Waals surface area contributed by atoms with E-state index in [4.69, 9.17) is 5.11 Å². The van der Waals surface area contributed by atoms with Gasteiger partial charge in [0.2, 0.25) is 0 Å². The predicted octanol–water partition coefficient (Wildman–Crippen LogP) is 0.675. The lowest BCUT2D eigenvalue weighted by atomic mass is 9.81. The number of hydrogen-bond donors (Lipinski definition) is 1. The Bertz CT molecular complexity index is 255. The molecule has 0 amide bonds. The Kier molecular flexibility index (Phi) is 5.67. The van der Waals surface area contributed by atoms with Crippen LogP contribution in [0.4, 0.5) is 0 Å². The molecule has 2 unspecified atom stereocenters. The Morgan fingerprint density at radius 3 is 2.20 bits per heavy atom. The van der Waals surface area contributed by atoms with Gasteiger partial charge in [0, 0.05) is 11.9 Å². The topological polar surface area (TPSA) is 77.4 Å². The van der Waals surface area contributed by atoms with Gasteiger partial charge in [-0.3, -0.25) is 4.79 Å². The summed E-state index contributed by atoms with van der Waals surface area (Å²) in [7, 11) is 0. The molecule has 0 aliphatic heterocycles. The van der Waals surface area contributed by atoms with Crippen molar-refractivity contribution in [3.05, 3.63) is 12.2 Å². The van der Waals surface area contributed by atoms with Crippen molar-refractivity contribution in [1.29, 1.82) is 0 Å². The summed E-state index contributed by atoms with van der Waals surface area (Å²) in [6.45, 7) is 5.16. The van der Waals surface area contributed by atoms with Crippen molar-refractivity contribution in [2.75, 3.05) is 0 Å². The molecule has 0 aromatic heterocycles. The summed E-state index contributed by atoms with van der Waals surface area (Å²) < 4.78 is 0. The van der Waals surface area contributed by atoms with E-state index in [2.05, 4.69) is 0 Å². The van der Waals surface area contributed by atoms with Crippen LogP contribution in [0.3, 0.4) is 0 Å². The average Bonchev–Trinajstić information content (AvgIpc) is 2.09. The molecule has 2 atom stereocenters. The zero-order valence-electron chi connectivity index (χ0n) is 9.27. The number of allylic oxidation sites excluding steroid dienone is 2. The third-order valence-electron chi connectivity index (χ3n) is 2.37. The number of carbonyl (C=O) groups excluding carboxylic acids is 1. The molecule has 0 rings (SSSR count). The largest absolute Gasteiger partial charge is 0.550 e. The fourth-order valence-electron chi connectivity index (χ4n) is 1.59. The SMILES string of the molecule is C/C=C/CC(C(=O)[O-])C(C(=O)O)C(C)C. The number of carbonyl (C=O) groups is 2. The number of aliphatic carboxylic acids is 2. The molecule has 86 valence electrons. The highest BCUT2D eigenvalue weighted by Gasteiger charge is 2.30. The number of carboxylic acids is 2. The van der Waals surface area contributed by atoms with Crippen molar-refractivity contribution < 1.29 is 19.8 Å². The molecule has 0 saturated carbocycles. The monoisotopic (exact) mass is 213 g/mol. The quantitative estimate of drug-likeness (QED) is 0.658. The summed E-state index contributed by atoms with van der Waals surface area (Å²) in [5, 5.41) is 19.8. The van der Waals surface area contributed by atoms with Crippen molar-refractivity contribution in [3.8, 4) is 0 Å². The van der Waals surface area contributed by atoms with Gasteiger partial charge >= 0.3 is 5.97 Å². The number of rotatable bonds is 6. The van der Waals surface area contributed by atoms with E-state index in [0.717, 1.165) is 0 Å². The van der Waals surface area contributed by atoms with E-state index in [1.54, 1.807) is 32.9 Å². The lowest BCUT2D eigenvalue weighted by Gasteiger charge is -2.26. The highest BCUT2D eigenvalue weighted by Crippen LogP contribution is 2.24. The van der Waals surface area contributed by atoms with E-state index in [1.165, 1.54) is 0 Å². The summed E-state index contributed by atoms with van der Waals surface area (Å²) in [6.07, 6.45) is 3.56. The maximum atomic E-state index is 10.9. The molecule has 15 heavy (non-hydrogen) atoms. The second-order valence-corrected chi connectivity index (χ2v) is 3.84. The van der Waals surface area contributed by atoms with Gasteiger partial charge < -0.3 is 15.0 Å². The van der Waals surface area contributed by atoms with Gasteiger partial charge in [-0.15, -0.1) is 0 Å². The zero-order valence-corrected chi connectivity index (χ0v) is 9.27. The summed E-state index contributed by atoms with van der Waals surface area (Å²) >= 11 is 0. The fraction of sp³-hybridized carbons (Fsp3) is 0.636. The van der Waals surface area contributed by atoms with Crippen LogP contribution in [0.2, 0.25) is 0 Å². The van der Waals surface area contributed by atoms with Crippen LogP contribution in [-0.2, 0) is 9.59 Å². The van der Waals surface area contributed by atoms with Gasteiger partial charge in [0.15, 0.2) is 0 Å². The number of hydrogen-bond acceptors (Lipinski definition) is 3. The number of carboxylic acid groups (broad SMARTS) is 2. The molecule has 0 fully saturated rings. The molecule has 0 aromatic rings. The van der Waals surface area contributed by atoms with Crippen LogP contribution in [0.25, 0.3) is 0 Å². The van der Waals surface area contributed by atoms with Crippen molar-refractivity contribution in [2.24, 2.45) is 17.8 Å². The summed E-state index contributed by atoms with van der Waals surface area (Å²) in [6, 6.07) is 0. The van der Waals surface area contributed by atoms with Crippen molar-refractivity contribution in [2.45, 2.75) is 27.2 Å². The summed E-state index contributed by atoms with van der Waals surface area (Å²) in [4.78, 5) is 21.8. The van der Waals surface area contributed by atoms with E-state index in [-0.39, 0.29) is 12.3 Å². The van der Waals surface area contributed by atoms with Gasteiger partial charge in [0.05, 0.1) is 5.92 Å². The molecule has 4 heteroatoms. The molecule has 0 aromatic carbocycles. The van der Waals surface area contributed by atoms with Crippen LogP contribution >= 0.6 is 0 Å². The third kappa shape index (κ3) is 4.14. The van der Waals surface area contributed by atoms with Gasteiger partial charge in [0.1, 0.15) is 0 Å². The average molecular weight is 213 g/mol. The Morgan fingerprint density at radius 2 is 1.93 bits per heavy atom. The second kappa shape index (κ2) is 6.22. The van der Waals surface area contributed by atoms with Crippen LogP contribution in [0.5, 0.6) is 0 Å². The summed E-state index contributed by atoms with van der Waals surface area (Å²) in [5.41, 5.74) is 0. The van der Waals surface area contributed by atoms with E-state index in [9.17, 15) is 14.7 Å². The van der Waals surface area contributed by atoms with Crippen LogP contribution in [0, 0.1) is 17.8 Å². The standard InChI is InChI=1S/C11H18O4/c1-4-5-6-8(10(12)13)9(7(2)3)11(14)15/h4-5,7-9H,6H2,1-3H3,(H,12,13)(H,14,15)/p-1/b5-4+. The van der Waals surface area contributed by atoms with Gasteiger partial charge in [-0.2, -0.15) is 0 Å². The van der Waals surface area contributed by atoms with Crippen molar-refractivity contribution >= 4 is 11.9 Å². The second-order valence-electron chi connectivity index (χ2n) is 3.84. The Hall–Kier alpha value is -1.32. The highest BCUT2D eigenvalue weighted by atomic mass is 16.4. The minimum Gasteiger partial charge on any atom is -0.550 e. The molecule has 0 spiro atoms. The van der Waals surface area contributed by atoms with Gasteiger partial charge in [-0.05, 0) is 19.3 Å². The Morgan fingerprint density at radius 1 is 1.40 bits per heavy atom. The maximum Gasteiger partial charge on any atom is 0.307 e. The van der Waals surface area contributed by atoms with Crippen molar-refractivity contribution in [3.63, 3.8) is 0 Å². The van der Waals surface area contributed by atoms with Crippen LogP contribution < -0.4 is 5.11 Å². The van der Waals surface area contributed by atoms with Crippen LogP contribution in [0.1, 0.15) is 27.2 Å². The maximum absolute atomic E-state index is 10.9. The first-order chi connectivity index (χ1) is 6.91. The molecular formula is C11H17O4-. The molecule has 0 saturated heterocycles. The third-order valence-corrected chi connectivity index (χ3v) is 2.37. The van der Waals surface area contributed by atoms with Gasteiger partial charge in [-0.1, -0.05) is 26.0 Å². The molecule has 0 heterocycles. The van der Waals surface area contributed by atoms with E-state index in [1.807, 2.05) is 0 Å². The Balaban J connectivity index is 4.83. The van der Waals surface area contributed by atoms with Gasteiger partial charge in [-0.25, -0.2) is 0 Å². The fourth-order valence-corrected chi connectivity index (χ4v) is 1.59. The van der Waals surface area contributed by atoms with E-state index < -0.39 is 23.8 Å². The van der Waals surface area contributed by atoms with E-state index >= 15 is 0 Å². The lowest BCUT2D eigenvalue weighted by Crippen LogP contribution is -2.41. The minimum absolute atomic E-state index is 0.202. The first-order valence-electron chi connectivity index (χ1n) is 4.96. The van der Waals surface area contributed by atoms with Crippen LogP contribution in [0.15, 0.2) is 12.2 Å². The molecule has 1 N–H and O–H groups in total. The summed E-state index contributed by atoms with van der Waals surface area (Å²) in [5.74, 6) is -4.46. The molecule has 4 nitrogen and oxygen atoms in total. The molecule has 0 radical (unpaired) electrons. The highest BCUT2D eigenvalue weighted by molar-refractivity contribution is 5.79. The first-order valence-corrected chi connectivity index (χ1v) is 4.96. The molecule has 0 bridgehead atoms. The van der Waals surface area contributed by atoms with Gasteiger partial charge in [0.25, 0.3) is 0 Å². The van der Waals surface area contributed by atoms with E-state index in [0.29, 0.717) is 0 Å². The molecular weight excluding hydrogens is 196 g/mol. The Labute approximate surface area is 89.6 Å². The minimum atomic E-state index is -1.30. The predicted molar refractivity (Wildman–Crippen MR) is 53.9 cm³/mol. The normalized spacial score (nSPS) is 15.5. The zero-order chi connectivity index (χ0) is 12.0. The van der Waals surface area contributed by atoms with Crippen molar-refractivity contribution in [1.82, 2.24) is 0 Å².